The fourth-order valence-corrected chi connectivity index (χ4v) is 3.56. The Morgan fingerprint density at radius 1 is 1.33 bits per heavy atom. The number of benzene rings is 2. The molecule has 2 aromatic carbocycles. The van der Waals surface area contributed by atoms with Crippen molar-refractivity contribution in [2.45, 2.75) is 12.8 Å². The Hall–Kier alpha value is -3.26. The summed E-state index contributed by atoms with van der Waals surface area (Å²) in [6.45, 7) is 0. The lowest BCUT2D eigenvalue weighted by molar-refractivity contribution is 0.0602. The maximum Gasteiger partial charge on any atom is 0.340 e. The Bertz CT molecular complexity index is 1040. The minimum Gasteiger partial charge on any atom is -0.465 e. The molecule has 0 bridgehead atoms. The van der Waals surface area contributed by atoms with Gasteiger partial charge in [-0.05, 0) is 36.1 Å². The Kier molecular flexibility index (Phi) is 3.07. The predicted molar refractivity (Wildman–Crippen MR) is 91.6 cm³/mol. The lowest BCUT2D eigenvalue weighted by Crippen LogP contribution is -2.13. The number of nitrogens with one attached hydrogen (secondary N) is 1. The number of esters is 1. The number of hydrogen-bond acceptors (Lipinski definition) is 4. The van der Waals surface area contributed by atoms with E-state index in [1.54, 1.807) is 6.07 Å². The molecule has 1 aliphatic carbocycles. The van der Waals surface area contributed by atoms with E-state index >= 15 is 0 Å². The number of carbonyl (C=O) groups is 1. The van der Waals surface area contributed by atoms with Crippen LogP contribution in [-0.4, -0.2) is 18.1 Å². The first kappa shape index (κ1) is 14.3. The second-order valence-electron chi connectivity index (χ2n) is 5.87. The number of H-pyrrole nitrogens is 1. The monoisotopic (exact) mass is 317 g/mol. The molecule has 5 nitrogen and oxygen atoms in total. The molecule has 0 amide bonds. The molecule has 0 unspecified atom stereocenters. The second kappa shape index (κ2) is 5.14. The number of rotatable bonds is 1. The number of methoxy groups -OCH3 is 1. The minimum atomic E-state index is -0.519. The average molecular weight is 317 g/mol. The van der Waals surface area contributed by atoms with E-state index in [1.807, 2.05) is 18.2 Å². The molecule has 0 saturated carbocycles. The molecular weight excluding hydrogens is 302 g/mol. The van der Waals surface area contributed by atoms with Gasteiger partial charge in [-0.2, -0.15) is 5.26 Å². The molecule has 0 aliphatic heterocycles. The number of fused-ring (bicyclic) bond motifs is 5. The van der Waals surface area contributed by atoms with E-state index in [0.29, 0.717) is 5.56 Å². The largest absolute Gasteiger partial charge is 0.465 e. The molecule has 0 spiro atoms. The molecule has 4 rings (SSSR count). The third-order valence-electron chi connectivity index (χ3n) is 4.67. The van der Waals surface area contributed by atoms with Crippen LogP contribution in [0.1, 0.15) is 27.0 Å². The first-order chi connectivity index (χ1) is 11.7. The summed E-state index contributed by atoms with van der Waals surface area (Å²) in [5, 5.41) is 10.8. The highest BCUT2D eigenvalue weighted by atomic mass is 16.5. The van der Waals surface area contributed by atoms with E-state index in [9.17, 15) is 10.1 Å². The summed E-state index contributed by atoms with van der Waals surface area (Å²) in [6, 6.07) is 12.0. The van der Waals surface area contributed by atoms with Gasteiger partial charge in [-0.3, -0.25) is 0 Å². The minimum absolute atomic E-state index is 0.176. The maximum absolute atomic E-state index is 12.0. The van der Waals surface area contributed by atoms with Gasteiger partial charge in [-0.25, -0.2) is 4.79 Å². The lowest BCUT2D eigenvalue weighted by atomic mass is 9.84. The standard InChI is InChI=1S/C19H15N3O2/c1-24-19(23)13-8-10-6-7-12-11-4-2-3-5-15(11)22-18(12)16(10)14(9-20)17(13)21/h2-5,8,22H,6-7,21H2,1H3. The van der Waals surface area contributed by atoms with Crippen molar-refractivity contribution in [3.8, 4) is 17.3 Å². The van der Waals surface area contributed by atoms with Gasteiger partial charge in [-0.15, -0.1) is 0 Å². The number of nitrogens with zero attached hydrogens (tertiary/aromatic N) is 1. The molecule has 0 atom stereocenters. The zero-order chi connectivity index (χ0) is 16.8. The summed E-state index contributed by atoms with van der Waals surface area (Å²) in [4.78, 5) is 15.4. The Morgan fingerprint density at radius 2 is 2.12 bits per heavy atom. The van der Waals surface area contributed by atoms with Crippen LogP contribution in [0.2, 0.25) is 0 Å². The molecule has 0 fully saturated rings. The number of aromatic amines is 1. The van der Waals surface area contributed by atoms with E-state index in [1.165, 1.54) is 12.7 Å². The van der Waals surface area contributed by atoms with Crippen LogP contribution in [0.3, 0.4) is 0 Å². The van der Waals surface area contributed by atoms with Crippen LogP contribution in [0.4, 0.5) is 5.69 Å². The SMILES string of the molecule is COC(=O)c1cc2c(c(C#N)c1N)-c1[nH]c3ccccc3c1CC2. The number of ether oxygens (including phenoxy) is 1. The Labute approximate surface area is 138 Å². The summed E-state index contributed by atoms with van der Waals surface area (Å²) in [6.07, 6.45) is 1.60. The number of aromatic nitrogens is 1. The van der Waals surface area contributed by atoms with Gasteiger partial charge < -0.3 is 15.5 Å². The molecule has 3 aromatic rings. The normalized spacial score (nSPS) is 12.3. The zero-order valence-corrected chi connectivity index (χ0v) is 13.1. The lowest BCUT2D eigenvalue weighted by Gasteiger charge is -2.20. The smallest absolute Gasteiger partial charge is 0.340 e. The van der Waals surface area contributed by atoms with Gasteiger partial charge in [0.2, 0.25) is 0 Å². The maximum atomic E-state index is 12.0. The number of hydrogen-bond donors (Lipinski definition) is 2. The van der Waals surface area contributed by atoms with Crippen LogP contribution in [0.25, 0.3) is 22.2 Å². The molecule has 24 heavy (non-hydrogen) atoms. The van der Waals surface area contributed by atoms with Crippen LogP contribution in [-0.2, 0) is 17.6 Å². The van der Waals surface area contributed by atoms with Gasteiger partial charge in [0.25, 0.3) is 0 Å². The number of carbonyl (C=O) groups excluding carboxylic acids is 1. The van der Waals surface area contributed by atoms with Crippen molar-refractivity contribution in [2.24, 2.45) is 0 Å². The molecule has 1 aromatic heterocycles. The number of anilines is 1. The van der Waals surface area contributed by atoms with Crippen molar-refractivity contribution < 1.29 is 9.53 Å². The first-order valence-corrected chi connectivity index (χ1v) is 7.69. The Balaban J connectivity index is 2.06. The third-order valence-corrected chi connectivity index (χ3v) is 4.67. The quantitative estimate of drug-likeness (QED) is 0.532. The van der Waals surface area contributed by atoms with E-state index in [-0.39, 0.29) is 11.3 Å². The van der Waals surface area contributed by atoms with Crippen molar-refractivity contribution >= 4 is 22.6 Å². The molecule has 0 saturated heterocycles. The summed E-state index contributed by atoms with van der Waals surface area (Å²) in [7, 11) is 1.31. The highest BCUT2D eigenvalue weighted by Crippen LogP contribution is 2.42. The topological polar surface area (TPSA) is 91.9 Å². The second-order valence-corrected chi connectivity index (χ2v) is 5.87. The first-order valence-electron chi connectivity index (χ1n) is 7.69. The predicted octanol–water partition coefficient (Wildman–Crippen LogP) is 3.17. The van der Waals surface area contributed by atoms with Crippen LogP contribution in [0.15, 0.2) is 30.3 Å². The third kappa shape index (κ3) is 1.83. The van der Waals surface area contributed by atoms with Gasteiger partial charge in [0, 0.05) is 16.5 Å². The molecule has 1 heterocycles. The van der Waals surface area contributed by atoms with Crippen LogP contribution < -0.4 is 5.73 Å². The summed E-state index contributed by atoms with van der Waals surface area (Å²) < 4.78 is 4.79. The highest BCUT2D eigenvalue weighted by molar-refractivity contribution is 6.01. The zero-order valence-electron chi connectivity index (χ0n) is 13.1. The molecule has 1 aliphatic rings. The van der Waals surface area contributed by atoms with E-state index in [0.717, 1.165) is 40.6 Å². The average Bonchev–Trinajstić information content (AvgIpc) is 2.99. The molecule has 3 N–H and O–H groups in total. The van der Waals surface area contributed by atoms with Gasteiger partial charge in [0.15, 0.2) is 0 Å². The molecule has 118 valence electrons. The van der Waals surface area contributed by atoms with Crippen LogP contribution in [0.5, 0.6) is 0 Å². The van der Waals surface area contributed by atoms with Gasteiger partial charge in [0.1, 0.15) is 6.07 Å². The number of aryl methyl sites for hydroxylation is 2. The van der Waals surface area contributed by atoms with Crippen molar-refractivity contribution in [3.63, 3.8) is 0 Å². The number of nitrogen functional groups attached to an aromatic ring is 1. The van der Waals surface area contributed by atoms with Crippen LogP contribution >= 0.6 is 0 Å². The van der Waals surface area contributed by atoms with E-state index < -0.39 is 5.97 Å². The van der Waals surface area contributed by atoms with Gasteiger partial charge in [-0.1, -0.05) is 18.2 Å². The molecule has 5 heteroatoms. The highest BCUT2D eigenvalue weighted by Gasteiger charge is 2.27. The van der Waals surface area contributed by atoms with E-state index in [4.69, 9.17) is 10.5 Å². The Morgan fingerprint density at radius 3 is 2.88 bits per heavy atom. The van der Waals surface area contributed by atoms with Crippen molar-refractivity contribution in [1.82, 2.24) is 4.98 Å². The summed E-state index contributed by atoms with van der Waals surface area (Å²) >= 11 is 0. The van der Waals surface area contributed by atoms with Crippen molar-refractivity contribution in [2.75, 3.05) is 12.8 Å². The number of para-hydroxylation sites is 1. The van der Waals surface area contributed by atoms with Crippen molar-refractivity contribution in [1.29, 1.82) is 5.26 Å². The van der Waals surface area contributed by atoms with Crippen molar-refractivity contribution in [3.05, 3.63) is 52.6 Å². The molecule has 0 radical (unpaired) electrons. The molecular formula is C19H15N3O2. The number of nitrogens with two attached hydrogens (primary N) is 1. The fraction of sp³-hybridized carbons (Fsp3) is 0.158. The summed E-state index contributed by atoms with van der Waals surface area (Å²) in [5.41, 5.74) is 11.8. The van der Waals surface area contributed by atoms with Gasteiger partial charge in [0.05, 0.1) is 29.6 Å². The number of nitriles is 1. The summed E-state index contributed by atoms with van der Waals surface area (Å²) in [5.74, 6) is -0.519. The van der Waals surface area contributed by atoms with Gasteiger partial charge >= 0.3 is 5.97 Å². The fourth-order valence-electron chi connectivity index (χ4n) is 3.56. The van der Waals surface area contributed by atoms with Crippen LogP contribution in [0, 0.1) is 11.3 Å². The van der Waals surface area contributed by atoms with E-state index in [2.05, 4.69) is 17.1 Å².